The Hall–Kier alpha value is -2.74. The standard InChI is InChI=1S/C13H10N2O3/c1-2-7-18-10-5-3-9(4-6-10)8-11-12(16)15-13(17)14-11/h1,3-6,8H,7H2,(H2,14,15,16,17)/b11-8+. The van der Waals surface area contributed by atoms with Crippen LogP contribution < -0.4 is 15.4 Å². The third kappa shape index (κ3) is 2.68. The van der Waals surface area contributed by atoms with Crippen molar-refractivity contribution in [3.63, 3.8) is 0 Å². The van der Waals surface area contributed by atoms with Crippen LogP contribution in [-0.2, 0) is 4.79 Å². The number of hydrogen-bond donors (Lipinski definition) is 2. The molecule has 2 N–H and O–H groups in total. The van der Waals surface area contributed by atoms with E-state index in [2.05, 4.69) is 16.6 Å². The molecule has 2 rings (SSSR count). The molecule has 0 unspecified atom stereocenters. The summed E-state index contributed by atoms with van der Waals surface area (Å²) < 4.78 is 5.21. The maximum absolute atomic E-state index is 11.3. The lowest BCUT2D eigenvalue weighted by atomic mass is 10.2. The van der Waals surface area contributed by atoms with Gasteiger partial charge < -0.3 is 10.1 Å². The zero-order valence-corrected chi connectivity index (χ0v) is 9.40. The quantitative estimate of drug-likeness (QED) is 0.469. The smallest absolute Gasteiger partial charge is 0.326 e. The highest BCUT2D eigenvalue weighted by Gasteiger charge is 2.22. The molecule has 18 heavy (non-hydrogen) atoms. The van der Waals surface area contributed by atoms with Crippen molar-refractivity contribution in [3.05, 3.63) is 35.5 Å². The van der Waals surface area contributed by atoms with Crippen LogP contribution in [0.1, 0.15) is 5.56 Å². The second-order valence-electron chi connectivity index (χ2n) is 3.53. The van der Waals surface area contributed by atoms with Crippen LogP contribution in [-0.4, -0.2) is 18.5 Å². The van der Waals surface area contributed by atoms with Crippen LogP contribution in [0.4, 0.5) is 4.79 Å². The van der Waals surface area contributed by atoms with Crippen LogP contribution in [0.15, 0.2) is 30.0 Å². The van der Waals surface area contributed by atoms with E-state index < -0.39 is 11.9 Å². The van der Waals surface area contributed by atoms with E-state index in [1.807, 2.05) is 0 Å². The highest BCUT2D eigenvalue weighted by atomic mass is 16.5. The Labute approximate surface area is 104 Å². The monoisotopic (exact) mass is 242 g/mol. The van der Waals surface area contributed by atoms with Crippen molar-refractivity contribution < 1.29 is 14.3 Å². The van der Waals surface area contributed by atoms with E-state index >= 15 is 0 Å². The van der Waals surface area contributed by atoms with E-state index in [4.69, 9.17) is 11.2 Å². The molecule has 0 saturated carbocycles. The maximum atomic E-state index is 11.3. The van der Waals surface area contributed by atoms with Crippen molar-refractivity contribution >= 4 is 18.0 Å². The molecule has 0 spiro atoms. The molecule has 1 aromatic carbocycles. The summed E-state index contributed by atoms with van der Waals surface area (Å²) >= 11 is 0. The van der Waals surface area contributed by atoms with Crippen molar-refractivity contribution in [2.24, 2.45) is 0 Å². The van der Waals surface area contributed by atoms with E-state index in [0.29, 0.717) is 5.75 Å². The first-order valence-corrected chi connectivity index (χ1v) is 5.19. The summed E-state index contributed by atoms with van der Waals surface area (Å²) in [5, 5.41) is 4.53. The van der Waals surface area contributed by atoms with Crippen molar-refractivity contribution in [2.75, 3.05) is 6.61 Å². The minimum Gasteiger partial charge on any atom is -0.481 e. The third-order valence-corrected chi connectivity index (χ3v) is 2.23. The summed E-state index contributed by atoms with van der Waals surface area (Å²) in [6.45, 7) is 0.207. The molecular weight excluding hydrogens is 232 g/mol. The number of carbonyl (C=O) groups is 2. The summed E-state index contributed by atoms with van der Waals surface area (Å²) in [5.74, 6) is 2.58. The Balaban J connectivity index is 2.11. The van der Waals surface area contributed by atoms with Gasteiger partial charge in [0.1, 0.15) is 18.1 Å². The lowest BCUT2D eigenvalue weighted by molar-refractivity contribution is -0.115. The van der Waals surface area contributed by atoms with E-state index in [-0.39, 0.29) is 12.3 Å². The van der Waals surface area contributed by atoms with Gasteiger partial charge in [0.15, 0.2) is 0 Å². The molecule has 1 fully saturated rings. The fraction of sp³-hybridized carbons (Fsp3) is 0.0769. The SMILES string of the molecule is C#CCOc1ccc(/C=C2/NC(=O)NC2=O)cc1. The summed E-state index contributed by atoms with van der Waals surface area (Å²) in [5.41, 5.74) is 0.993. The van der Waals surface area contributed by atoms with Crippen molar-refractivity contribution in [1.82, 2.24) is 10.6 Å². The molecule has 0 radical (unpaired) electrons. The highest BCUT2D eigenvalue weighted by molar-refractivity contribution is 6.13. The van der Waals surface area contributed by atoms with Crippen molar-refractivity contribution in [3.8, 4) is 18.1 Å². The minimum atomic E-state index is -0.514. The van der Waals surface area contributed by atoms with Crippen LogP contribution in [0.2, 0.25) is 0 Å². The number of rotatable bonds is 3. The second kappa shape index (κ2) is 5.06. The zero-order chi connectivity index (χ0) is 13.0. The summed E-state index contributed by atoms with van der Waals surface area (Å²) in [6.07, 6.45) is 6.65. The van der Waals surface area contributed by atoms with Gasteiger partial charge in [0, 0.05) is 0 Å². The first-order chi connectivity index (χ1) is 8.69. The Morgan fingerprint density at radius 2 is 1.94 bits per heavy atom. The summed E-state index contributed by atoms with van der Waals surface area (Å²) in [4.78, 5) is 22.2. The van der Waals surface area contributed by atoms with Gasteiger partial charge in [0.25, 0.3) is 5.91 Å². The van der Waals surface area contributed by atoms with Crippen LogP contribution >= 0.6 is 0 Å². The van der Waals surface area contributed by atoms with Crippen molar-refractivity contribution in [2.45, 2.75) is 0 Å². The molecule has 1 heterocycles. The number of nitrogens with one attached hydrogen (secondary N) is 2. The molecule has 0 atom stereocenters. The molecule has 1 aliphatic heterocycles. The van der Waals surface area contributed by atoms with Gasteiger partial charge in [-0.2, -0.15) is 0 Å². The van der Waals surface area contributed by atoms with E-state index in [1.165, 1.54) is 0 Å². The number of terminal acetylenes is 1. The second-order valence-corrected chi connectivity index (χ2v) is 3.53. The number of ether oxygens (including phenoxy) is 1. The van der Waals surface area contributed by atoms with E-state index in [1.54, 1.807) is 30.3 Å². The fourth-order valence-corrected chi connectivity index (χ4v) is 1.43. The van der Waals surface area contributed by atoms with Gasteiger partial charge in [-0.25, -0.2) is 4.79 Å². The lowest BCUT2D eigenvalue weighted by Crippen LogP contribution is -2.22. The van der Waals surface area contributed by atoms with Crippen LogP contribution in [0.25, 0.3) is 6.08 Å². The summed E-state index contributed by atoms with van der Waals surface area (Å²) in [7, 11) is 0. The number of amides is 3. The van der Waals surface area contributed by atoms with Crippen molar-refractivity contribution in [1.29, 1.82) is 0 Å². The van der Waals surface area contributed by atoms with E-state index in [9.17, 15) is 9.59 Å². The highest BCUT2D eigenvalue weighted by Crippen LogP contribution is 2.14. The maximum Gasteiger partial charge on any atom is 0.326 e. The Bertz CT molecular complexity index is 553. The normalized spacial score (nSPS) is 16.1. The third-order valence-electron chi connectivity index (χ3n) is 2.23. The Morgan fingerprint density at radius 3 is 2.50 bits per heavy atom. The van der Waals surface area contributed by atoms with Gasteiger partial charge in [-0.3, -0.25) is 10.1 Å². The van der Waals surface area contributed by atoms with Gasteiger partial charge in [0.05, 0.1) is 0 Å². The van der Waals surface area contributed by atoms with Gasteiger partial charge in [-0.15, -0.1) is 6.42 Å². The first-order valence-electron chi connectivity index (χ1n) is 5.19. The van der Waals surface area contributed by atoms with Gasteiger partial charge in [-0.05, 0) is 23.8 Å². The van der Waals surface area contributed by atoms with Gasteiger partial charge >= 0.3 is 6.03 Å². The zero-order valence-electron chi connectivity index (χ0n) is 9.40. The molecule has 0 aromatic heterocycles. The predicted molar refractivity (Wildman–Crippen MR) is 65.4 cm³/mol. The Kier molecular flexibility index (Phi) is 3.30. The number of imide groups is 1. The number of urea groups is 1. The molecule has 5 heteroatoms. The van der Waals surface area contributed by atoms with Crippen LogP contribution in [0.3, 0.4) is 0 Å². The summed E-state index contributed by atoms with van der Waals surface area (Å²) in [6, 6.07) is 6.48. The fourth-order valence-electron chi connectivity index (χ4n) is 1.43. The number of hydrogen-bond acceptors (Lipinski definition) is 3. The molecule has 1 aromatic rings. The van der Waals surface area contributed by atoms with Gasteiger partial charge in [0.2, 0.25) is 0 Å². The molecule has 5 nitrogen and oxygen atoms in total. The van der Waals surface area contributed by atoms with Gasteiger partial charge in [-0.1, -0.05) is 18.1 Å². The topological polar surface area (TPSA) is 67.4 Å². The predicted octanol–water partition coefficient (Wildman–Crippen LogP) is 0.879. The molecule has 90 valence electrons. The van der Waals surface area contributed by atoms with Crippen LogP contribution in [0, 0.1) is 12.3 Å². The number of benzene rings is 1. The first kappa shape index (κ1) is 11.7. The lowest BCUT2D eigenvalue weighted by Gasteiger charge is -2.02. The number of carbonyl (C=O) groups excluding carboxylic acids is 2. The Morgan fingerprint density at radius 1 is 1.22 bits per heavy atom. The molecule has 1 saturated heterocycles. The largest absolute Gasteiger partial charge is 0.481 e. The molecule has 1 aliphatic rings. The molecule has 0 aliphatic carbocycles. The molecular formula is C13H10N2O3. The van der Waals surface area contributed by atoms with Crippen LogP contribution in [0.5, 0.6) is 5.75 Å². The average Bonchev–Trinajstić information content (AvgIpc) is 2.67. The minimum absolute atomic E-state index is 0.207. The average molecular weight is 242 g/mol. The molecule has 3 amide bonds. The van der Waals surface area contributed by atoms with E-state index in [0.717, 1.165) is 5.56 Å². The molecule has 0 bridgehead atoms.